The van der Waals surface area contributed by atoms with Crippen molar-refractivity contribution < 1.29 is 14.7 Å². The third-order valence-electron chi connectivity index (χ3n) is 4.63. The molecular weight excluding hydrogens is 330 g/mol. The Morgan fingerprint density at radius 1 is 1.15 bits per heavy atom. The van der Waals surface area contributed by atoms with Crippen LogP contribution in [0, 0.1) is 0 Å². The van der Waals surface area contributed by atoms with E-state index in [4.69, 9.17) is 0 Å². The number of anilines is 1. The van der Waals surface area contributed by atoms with E-state index in [0.717, 1.165) is 5.56 Å². The van der Waals surface area contributed by atoms with Gasteiger partial charge in [0.2, 0.25) is 5.91 Å². The van der Waals surface area contributed by atoms with Crippen molar-refractivity contribution in [3.63, 3.8) is 0 Å². The van der Waals surface area contributed by atoms with Gasteiger partial charge in [0.05, 0.1) is 11.9 Å². The van der Waals surface area contributed by atoms with E-state index in [9.17, 15) is 14.7 Å². The Morgan fingerprint density at radius 3 is 2.27 bits per heavy atom. The molecule has 0 aliphatic heterocycles. The summed E-state index contributed by atoms with van der Waals surface area (Å²) in [7, 11) is 0. The lowest BCUT2D eigenvalue weighted by Gasteiger charge is -2.19. The van der Waals surface area contributed by atoms with E-state index in [0.29, 0.717) is 18.0 Å². The third kappa shape index (κ3) is 4.50. The summed E-state index contributed by atoms with van der Waals surface area (Å²) in [6.07, 6.45) is 3.34. The first kappa shape index (κ1) is 19.7. The monoisotopic (exact) mass is 357 g/mol. The Balaban J connectivity index is 1.98. The van der Waals surface area contributed by atoms with Crippen LogP contribution < -0.4 is 5.32 Å². The van der Waals surface area contributed by atoms with Gasteiger partial charge in [-0.25, -0.2) is 4.79 Å². The number of rotatable bonds is 7. The lowest BCUT2D eigenvalue weighted by atomic mass is 9.94. The molecule has 0 saturated heterocycles. The van der Waals surface area contributed by atoms with Gasteiger partial charge in [-0.2, -0.15) is 5.10 Å². The summed E-state index contributed by atoms with van der Waals surface area (Å²) in [4.78, 5) is 23.6. The van der Waals surface area contributed by atoms with Crippen LogP contribution in [0.15, 0.2) is 36.7 Å². The molecule has 2 aromatic rings. The van der Waals surface area contributed by atoms with Crippen LogP contribution in [-0.4, -0.2) is 26.8 Å². The first-order valence-electron chi connectivity index (χ1n) is 8.79. The van der Waals surface area contributed by atoms with E-state index < -0.39 is 11.5 Å². The SMILES string of the molecule is CC(C)c1ccc(C(C)CC(=O)Nc2cnn(C(C)(C)C(=O)O)c2)cc1. The quantitative estimate of drug-likeness (QED) is 0.785. The maximum atomic E-state index is 12.3. The van der Waals surface area contributed by atoms with E-state index in [1.165, 1.54) is 22.6 Å². The Morgan fingerprint density at radius 2 is 1.73 bits per heavy atom. The van der Waals surface area contributed by atoms with Gasteiger partial charge in [-0.1, -0.05) is 45.0 Å². The summed E-state index contributed by atoms with van der Waals surface area (Å²) in [5.74, 6) is -0.550. The third-order valence-corrected chi connectivity index (χ3v) is 4.63. The van der Waals surface area contributed by atoms with Gasteiger partial charge in [0.1, 0.15) is 0 Å². The van der Waals surface area contributed by atoms with Gasteiger partial charge in [0, 0.05) is 12.6 Å². The van der Waals surface area contributed by atoms with Gasteiger partial charge in [-0.05, 0) is 36.8 Å². The number of carbonyl (C=O) groups excluding carboxylic acids is 1. The van der Waals surface area contributed by atoms with Crippen LogP contribution in [0.4, 0.5) is 5.69 Å². The summed E-state index contributed by atoms with van der Waals surface area (Å²) in [5, 5.41) is 16.1. The number of carboxylic acid groups (broad SMARTS) is 1. The maximum Gasteiger partial charge on any atom is 0.331 e. The lowest BCUT2D eigenvalue weighted by molar-refractivity contribution is -0.146. The van der Waals surface area contributed by atoms with Crippen molar-refractivity contribution >= 4 is 17.6 Å². The van der Waals surface area contributed by atoms with Crippen molar-refractivity contribution in [2.75, 3.05) is 5.32 Å². The average Bonchev–Trinajstić information content (AvgIpc) is 3.03. The Hall–Kier alpha value is -2.63. The number of benzene rings is 1. The molecule has 0 aliphatic carbocycles. The number of aromatic nitrogens is 2. The molecule has 6 heteroatoms. The highest BCUT2D eigenvalue weighted by Gasteiger charge is 2.30. The lowest BCUT2D eigenvalue weighted by Crippen LogP contribution is -2.35. The minimum absolute atomic E-state index is 0.0849. The second-order valence-corrected chi connectivity index (χ2v) is 7.51. The minimum atomic E-state index is -1.17. The normalized spacial score (nSPS) is 12.8. The second kappa shape index (κ2) is 7.72. The fourth-order valence-electron chi connectivity index (χ4n) is 2.61. The zero-order valence-electron chi connectivity index (χ0n) is 16.0. The van der Waals surface area contributed by atoms with Crippen molar-refractivity contribution in [3.8, 4) is 0 Å². The standard InChI is InChI=1S/C20H27N3O3/c1-13(2)15-6-8-16(9-7-15)14(3)10-18(24)22-17-11-21-23(12-17)20(4,5)19(25)26/h6-9,11-14H,10H2,1-5H3,(H,22,24)(H,25,26). The first-order valence-corrected chi connectivity index (χ1v) is 8.79. The topological polar surface area (TPSA) is 84.2 Å². The van der Waals surface area contributed by atoms with E-state index in [2.05, 4.69) is 48.5 Å². The molecule has 1 amide bonds. The van der Waals surface area contributed by atoms with Crippen LogP contribution >= 0.6 is 0 Å². The number of aliphatic carboxylic acids is 1. The molecule has 2 N–H and O–H groups in total. The van der Waals surface area contributed by atoms with Crippen molar-refractivity contribution in [2.45, 2.75) is 58.4 Å². The molecule has 1 aromatic heterocycles. The molecule has 0 spiro atoms. The molecule has 1 heterocycles. The van der Waals surface area contributed by atoms with Gasteiger partial charge in [0.15, 0.2) is 5.54 Å². The highest BCUT2D eigenvalue weighted by Crippen LogP contribution is 2.23. The van der Waals surface area contributed by atoms with Crippen molar-refractivity contribution in [3.05, 3.63) is 47.8 Å². The zero-order chi connectivity index (χ0) is 19.5. The number of carbonyl (C=O) groups is 2. The molecule has 26 heavy (non-hydrogen) atoms. The van der Waals surface area contributed by atoms with Gasteiger partial charge < -0.3 is 10.4 Å². The first-order chi connectivity index (χ1) is 12.1. The number of hydrogen-bond acceptors (Lipinski definition) is 3. The van der Waals surface area contributed by atoms with Crippen LogP contribution in [0.3, 0.4) is 0 Å². The molecular formula is C20H27N3O3. The largest absolute Gasteiger partial charge is 0.479 e. The van der Waals surface area contributed by atoms with Crippen LogP contribution in [-0.2, 0) is 15.1 Å². The molecule has 2 rings (SSSR count). The molecule has 1 atom stereocenters. The summed E-state index contributed by atoms with van der Waals surface area (Å²) in [6, 6.07) is 8.35. The number of hydrogen-bond donors (Lipinski definition) is 2. The fraction of sp³-hybridized carbons (Fsp3) is 0.450. The van der Waals surface area contributed by atoms with Crippen molar-refractivity contribution in [2.24, 2.45) is 0 Å². The molecule has 0 bridgehead atoms. The minimum Gasteiger partial charge on any atom is -0.479 e. The number of nitrogens with one attached hydrogen (secondary N) is 1. The van der Waals surface area contributed by atoms with E-state index >= 15 is 0 Å². The smallest absolute Gasteiger partial charge is 0.331 e. The summed E-state index contributed by atoms with van der Waals surface area (Å²) >= 11 is 0. The summed E-state index contributed by atoms with van der Waals surface area (Å²) in [5.41, 5.74) is 1.71. The highest BCUT2D eigenvalue weighted by molar-refractivity contribution is 5.91. The zero-order valence-corrected chi connectivity index (χ0v) is 16.0. The Labute approximate surface area is 154 Å². The van der Waals surface area contributed by atoms with Gasteiger partial charge in [-0.3, -0.25) is 9.48 Å². The maximum absolute atomic E-state index is 12.3. The average molecular weight is 357 g/mol. The van der Waals surface area contributed by atoms with Crippen LogP contribution in [0.2, 0.25) is 0 Å². The molecule has 0 saturated carbocycles. The molecule has 6 nitrogen and oxygen atoms in total. The predicted molar refractivity (Wildman–Crippen MR) is 101 cm³/mol. The van der Waals surface area contributed by atoms with E-state index in [1.54, 1.807) is 13.8 Å². The Kier molecular flexibility index (Phi) is 5.85. The van der Waals surface area contributed by atoms with Crippen LogP contribution in [0.5, 0.6) is 0 Å². The van der Waals surface area contributed by atoms with E-state index in [-0.39, 0.29) is 11.8 Å². The van der Waals surface area contributed by atoms with Crippen LogP contribution in [0.25, 0.3) is 0 Å². The van der Waals surface area contributed by atoms with Gasteiger partial charge in [-0.15, -0.1) is 0 Å². The molecule has 0 radical (unpaired) electrons. The highest BCUT2D eigenvalue weighted by atomic mass is 16.4. The van der Waals surface area contributed by atoms with Crippen LogP contribution in [0.1, 0.15) is 64.0 Å². The van der Waals surface area contributed by atoms with E-state index in [1.807, 2.05) is 6.92 Å². The van der Waals surface area contributed by atoms with Crippen molar-refractivity contribution in [1.82, 2.24) is 9.78 Å². The molecule has 1 unspecified atom stereocenters. The van der Waals surface area contributed by atoms with Crippen molar-refractivity contribution in [1.29, 1.82) is 0 Å². The summed E-state index contributed by atoms with van der Waals surface area (Å²) < 4.78 is 1.33. The molecule has 1 aromatic carbocycles. The number of amides is 1. The van der Waals surface area contributed by atoms with Gasteiger partial charge in [0.25, 0.3) is 0 Å². The predicted octanol–water partition coefficient (Wildman–Crippen LogP) is 3.96. The fourth-order valence-corrected chi connectivity index (χ4v) is 2.61. The Bertz CT molecular complexity index is 776. The number of nitrogens with zero attached hydrogens (tertiary/aromatic N) is 2. The molecule has 0 aliphatic rings. The molecule has 140 valence electrons. The summed E-state index contributed by atoms with van der Waals surface area (Å²) in [6.45, 7) is 9.42. The van der Waals surface area contributed by atoms with Gasteiger partial charge >= 0.3 is 5.97 Å². The second-order valence-electron chi connectivity index (χ2n) is 7.51. The number of carboxylic acids is 1. The molecule has 0 fully saturated rings.